The molecule has 0 spiro atoms. The number of aryl methyl sites for hydroxylation is 1. The lowest BCUT2D eigenvalue weighted by Gasteiger charge is -2.13. The highest BCUT2D eigenvalue weighted by Crippen LogP contribution is 2.32. The maximum atomic E-state index is 13.2. The van der Waals surface area contributed by atoms with Crippen LogP contribution in [0.1, 0.15) is 36.0 Å². The number of hydrogen-bond acceptors (Lipinski definition) is 10. The van der Waals surface area contributed by atoms with Gasteiger partial charge in [0.25, 0.3) is 17.7 Å². The van der Waals surface area contributed by atoms with Crippen molar-refractivity contribution in [2.24, 2.45) is 0 Å². The van der Waals surface area contributed by atoms with Crippen molar-refractivity contribution in [3.05, 3.63) is 124 Å². The van der Waals surface area contributed by atoms with E-state index in [2.05, 4.69) is 36.2 Å². The first-order valence-electron chi connectivity index (χ1n) is 14.8. The second-order valence-corrected chi connectivity index (χ2v) is 12.5. The zero-order valence-electron chi connectivity index (χ0n) is 25.6. The summed E-state index contributed by atoms with van der Waals surface area (Å²) in [5.41, 5.74) is 4.30. The van der Waals surface area contributed by atoms with Crippen molar-refractivity contribution in [3.63, 3.8) is 0 Å². The Morgan fingerprint density at radius 1 is 0.833 bits per heavy atom. The van der Waals surface area contributed by atoms with E-state index in [1.54, 1.807) is 66.1 Å². The van der Waals surface area contributed by atoms with Crippen LogP contribution in [0.3, 0.4) is 0 Å². The second kappa shape index (κ2) is 14.8. The van der Waals surface area contributed by atoms with Gasteiger partial charge in [0.15, 0.2) is 0 Å². The van der Waals surface area contributed by atoms with Gasteiger partial charge in [-0.3, -0.25) is 19.4 Å². The van der Waals surface area contributed by atoms with Crippen LogP contribution in [0, 0.1) is 6.92 Å². The van der Waals surface area contributed by atoms with E-state index in [9.17, 15) is 14.4 Å². The summed E-state index contributed by atoms with van der Waals surface area (Å²) in [6.45, 7) is 1.89. The van der Waals surface area contributed by atoms with Gasteiger partial charge in [0.1, 0.15) is 0 Å². The van der Waals surface area contributed by atoms with Gasteiger partial charge in [-0.25, -0.2) is 9.97 Å². The maximum absolute atomic E-state index is 13.2. The van der Waals surface area contributed by atoms with E-state index in [0.29, 0.717) is 44.7 Å². The number of thiophene rings is 2. The Hall–Kier alpha value is -5.76. The fraction of sp³-hybridized carbons (Fsp3) is 0.0857. The fourth-order valence-electron chi connectivity index (χ4n) is 4.73. The van der Waals surface area contributed by atoms with Crippen molar-refractivity contribution in [2.45, 2.75) is 6.92 Å². The molecule has 2 aromatic carbocycles. The minimum Gasteiger partial charge on any atom is -0.395 e. The number of carbonyl (C=O) groups excluding carboxylic acids is 3. The molecule has 48 heavy (non-hydrogen) atoms. The molecular weight excluding hydrogens is 647 g/mol. The summed E-state index contributed by atoms with van der Waals surface area (Å²) >= 11 is 3.01. The quantitative estimate of drug-likeness (QED) is 0.103. The maximum Gasteiger partial charge on any atom is 0.265 e. The smallest absolute Gasteiger partial charge is 0.265 e. The van der Waals surface area contributed by atoms with Crippen LogP contribution in [0.5, 0.6) is 0 Å². The highest BCUT2D eigenvalue weighted by Gasteiger charge is 2.16. The van der Waals surface area contributed by atoms with E-state index in [0.717, 1.165) is 15.3 Å². The van der Waals surface area contributed by atoms with E-state index in [-0.39, 0.29) is 30.5 Å². The molecule has 3 amide bonds. The molecule has 0 radical (unpaired) electrons. The second-order valence-electron chi connectivity index (χ2n) is 10.5. The predicted octanol–water partition coefficient (Wildman–Crippen LogP) is 6.61. The van der Waals surface area contributed by atoms with E-state index in [1.165, 1.54) is 23.7 Å². The van der Waals surface area contributed by atoms with Crippen LogP contribution in [0.4, 0.5) is 23.0 Å². The summed E-state index contributed by atoms with van der Waals surface area (Å²) in [5, 5.41) is 22.7. The Labute approximate surface area is 283 Å². The third-order valence-electron chi connectivity index (χ3n) is 7.09. The van der Waals surface area contributed by atoms with Gasteiger partial charge in [0.2, 0.25) is 5.95 Å². The van der Waals surface area contributed by atoms with Crippen LogP contribution in [-0.2, 0) is 0 Å². The van der Waals surface area contributed by atoms with Gasteiger partial charge < -0.3 is 26.4 Å². The first kappa shape index (κ1) is 32.2. The zero-order chi connectivity index (χ0) is 33.5. The van der Waals surface area contributed by atoms with Crippen LogP contribution in [-0.4, -0.2) is 50.9 Å². The monoisotopic (exact) mass is 675 g/mol. The van der Waals surface area contributed by atoms with Gasteiger partial charge in [-0.15, -0.1) is 22.7 Å². The van der Waals surface area contributed by atoms with Gasteiger partial charge in [-0.2, -0.15) is 0 Å². The first-order valence-corrected chi connectivity index (χ1v) is 16.5. The van der Waals surface area contributed by atoms with Gasteiger partial charge in [-0.1, -0.05) is 30.3 Å². The van der Waals surface area contributed by atoms with Crippen LogP contribution in [0.15, 0.2) is 103 Å². The molecule has 240 valence electrons. The normalized spacial score (nSPS) is 10.7. The first-order chi connectivity index (χ1) is 23.4. The van der Waals surface area contributed by atoms with Gasteiger partial charge in [0.05, 0.1) is 34.6 Å². The summed E-state index contributed by atoms with van der Waals surface area (Å²) in [6.07, 6.45) is 4.51. The number of aromatic nitrogens is 3. The molecule has 0 saturated heterocycles. The van der Waals surface area contributed by atoms with Crippen LogP contribution in [0.25, 0.3) is 21.0 Å². The number of hydrogen-bond donors (Lipinski definition) is 5. The fourth-order valence-corrected chi connectivity index (χ4v) is 6.47. The highest BCUT2D eigenvalue weighted by atomic mass is 32.1. The van der Waals surface area contributed by atoms with Crippen molar-refractivity contribution in [1.82, 2.24) is 20.3 Å². The molecule has 4 heterocycles. The lowest BCUT2D eigenvalue weighted by atomic mass is 10.0. The van der Waals surface area contributed by atoms with Gasteiger partial charge in [-0.05, 0) is 66.4 Å². The number of nitrogens with one attached hydrogen (secondary N) is 4. The molecule has 0 atom stereocenters. The zero-order valence-corrected chi connectivity index (χ0v) is 27.2. The molecule has 0 bridgehead atoms. The summed E-state index contributed by atoms with van der Waals surface area (Å²) in [4.78, 5) is 54.6. The number of nitrogens with zero attached hydrogens (tertiary/aromatic N) is 3. The number of anilines is 4. The SMILES string of the molecule is Cc1ccc(NC(=O)c2cncc(NC(=O)c3ccc(-c4cccs4)s3)c2)cc1Nc1nccc(-c2ccccc2C(=O)NCCO)n1. The predicted molar refractivity (Wildman–Crippen MR) is 189 cm³/mol. The lowest BCUT2D eigenvalue weighted by molar-refractivity contribution is 0.0944. The number of pyridine rings is 1. The molecule has 0 unspecified atom stereocenters. The van der Waals surface area contributed by atoms with Crippen molar-refractivity contribution >= 4 is 63.4 Å². The Morgan fingerprint density at radius 2 is 1.69 bits per heavy atom. The lowest BCUT2D eigenvalue weighted by Crippen LogP contribution is -2.26. The van der Waals surface area contributed by atoms with Crippen molar-refractivity contribution in [2.75, 3.05) is 29.1 Å². The molecule has 0 aliphatic heterocycles. The molecule has 0 fully saturated rings. The van der Waals surface area contributed by atoms with Crippen molar-refractivity contribution in [3.8, 4) is 21.0 Å². The molecular formula is C35H29N7O4S2. The number of carbonyl (C=O) groups is 3. The topological polar surface area (TPSA) is 158 Å². The third-order valence-corrected chi connectivity index (χ3v) is 9.24. The van der Waals surface area contributed by atoms with E-state index >= 15 is 0 Å². The molecule has 4 aromatic heterocycles. The van der Waals surface area contributed by atoms with Crippen molar-refractivity contribution < 1.29 is 19.5 Å². The van der Waals surface area contributed by atoms with E-state index < -0.39 is 5.91 Å². The summed E-state index contributed by atoms with van der Waals surface area (Å²) < 4.78 is 0. The van der Waals surface area contributed by atoms with Crippen molar-refractivity contribution in [1.29, 1.82) is 0 Å². The number of benzene rings is 2. The molecule has 6 rings (SSSR count). The Kier molecular flexibility index (Phi) is 9.91. The van der Waals surface area contributed by atoms with Gasteiger partial charge >= 0.3 is 0 Å². The highest BCUT2D eigenvalue weighted by molar-refractivity contribution is 7.22. The summed E-state index contributed by atoms with van der Waals surface area (Å²) in [6, 6.07) is 23.4. The summed E-state index contributed by atoms with van der Waals surface area (Å²) in [5.74, 6) is -0.707. The van der Waals surface area contributed by atoms with Gasteiger partial charge in [0, 0.05) is 51.2 Å². The Balaban J connectivity index is 1.14. The number of amides is 3. The minimum atomic E-state index is -0.404. The van der Waals surface area contributed by atoms with E-state index in [4.69, 9.17) is 5.11 Å². The number of aliphatic hydroxyl groups is 1. The molecule has 5 N–H and O–H groups in total. The standard InChI is InChI=1S/C35H29N7O4S2/c1-21-8-9-23(18-28(21)42-35-38-13-12-27(41-35)25-5-2-3-6-26(25)33(45)37-14-15-43)39-32(44)22-17-24(20-36-19-22)40-34(46)31-11-10-30(48-31)29-7-4-16-47-29/h2-13,16-20,43H,14-15H2,1H3,(H,37,45)(H,39,44)(H,40,46)(H,38,41,42). The molecule has 0 aliphatic carbocycles. The molecule has 0 aliphatic rings. The number of aliphatic hydroxyl groups excluding tert-OH is 1. The minimum absolute atomic E-state index is 0.140. The Morgan fingerprint density at radius 3 is 2.52 bits per heavy atom. The largest absolute Gasteiger partial charge is 0.395 e. The molecule has 6 aromatic rings. The van der Waals surface area contributed by atoms with Crippen LogP contribution < -0.4 is 21.3 Å². The molecule has 13 heteroatoms. The Bertz CT molecular complexity index is 2100. The van der Waals surface area contributed by atoms with Crippen LogP contribution in [0.2, 0.25) is 0 Å². The van der Waals surface area contributed by atoms with E-state index in [1.807, 2.05) is 42.6 Å². The number of rotatable bonds is 11. The average molecular weight is 676 g/mol. The summed E-state index contributed by atoms with van der Waals surface area (Å²) in [7, 11) is 0. The van der Waals surface area contributed by atoms with Crippen LogP contribution >= 0.6 is 22.7 Å². The third kappa shape index (κ3) is 7.61. The molecule has 11 nitrogen and oxygen atoms in total. The molecule has 0 saturated carbocycles. The average Bonchev–Trinajstić information content (AvgIpc) is 3.82.